The van der Waals surface area contributed by atoms with Gasteiger partial charge in [0.05, 0.1) is 24.9 Å². The van der Waals surface area contributed by atoms with Crippen molar-refractivity contribution in [1.29, 1.82) is 0 Å². The fraction of sp³-hybridized carbons (Fsp3) is 0.300. The first-order valence-electron chi connectivity index (χ1n) is 13.0. The number of hydrogen-bond donors (Lipinski definition) is 2. The van der Waals surface area contributed by atoms with E-state index in [9.17, 15) is 9.59 Å². The van der Waals surface area contributed by atoms with Crippen LogP contribution in [0.15, 0.2) is 60.9 Å². The number of ether oxygens (including phenoxy) is 1. The van der Waals surface area contributed by atoms with E-state index in [2.05, 4.69) is 38.2 Å². The van der Waals surface area contributed by atoms with Gasteiger partial charge in [0.25, 0.3) is 5.91 Å². The molecular weight excluding hydrogens is 492 g/mol. The molecule has 0 bridgehead atoms. The molecule has 0 spiro atoms. The van der Waals surface area contributed by atoms with Crippen LogP contribution in [0.5, 0.6) is 5.75 Å². The molecule has 0 radical (unpaired) electrons. The summed E-state index contributed by atoms with van der Waals surface area (Å²) in [4.78, 5) is 39.8. The summed E-state index contributed by atoms with van der Waals surface area (Å²) >= 11 is 0. The number of H-pyrrole nitrogens is 1. The van der Waals surface area contributed by atoms with Crippen molar-refractivity contribution >= 4 is 28.5 Å². The molecule has 9 nitrogen and oxygen atoms in total. The minimum atomic E-state index is -0.183. The van der Waals surface area contributed by atoms with Crippen LogP contribution in [0, 0.1) is 0 Å². The molecule has 202 valence electrons. The van der Waals surface area contributed by atoms with Crippen molar-refractivity contribution in [2.45, 2.75) is 0 Å². The fourth-order valence-electron chi connectivity index (χ4n) is 4.90. The quantitative estimate of drug-likeness (QED) is 0.381. The second-order valence-electron chi connectivity index (χ2n) is 10.1. The fourth-order valence-corrected chi connectivity index (χ4v) is 4.90. The van der Waals surface area contributed by atoms with Crippen LogP contribution in [0.2, 0.25) is 0 Å². The molecule has 1 aliphatic rings. The molecule has 0 saturated carbocycles. The monoisotopic (exact) mass is 526 g/mol. The van der Waals surface area contributed by atoms with Crippen LogP contribution in [-0.2, 0) is 4.79 Å². The van der Waals surface area contributed by atoms with Gasteiger partial charge >= 0.3 is 0 Å². The number of nitrogens with zero attached hydrogens (tertiary/aromatic N) is 4. The van der Waals surface area contributed by atoms with Gasteiger partial charge in [-0.05, 0) is 36.9 Å². The molecule has 3 heterocycles. The maximum atomic E-state index is 13.2. The Kier molecular flexibility index (Phi) is 7.63. The summed E-state index contributed by atoms with van der Waals surface area (Å²) in [5.41, 5.74) is 5.34. The Morgan fingerprint density at radius 1 is 1.03 bits per heavy atom. The number of para-hydroxylation sites is 1. The number of aromatic nitrogens is 2. The molecule has 0 atom stereocenters. The molecule has 1 fully saturated rings. The highest BCUT2D eigenvalue weighted by Gasteiger charge is 2.20. The first kappa shape index (κ1) is 26.4. The summed E-state index contributed by atoms with van der Waals surface area (Å²) in [6.07, 6.45) is 3.72. The minimum absolute atomic E-state index is 0.128. The van der Waals surface area contributed by atoms with Gasteiger partial charge in [0.1, 0.15) is 11.4 Å². The number of carbonyl (C=O) groups is 2. The number of hydrogen-bond acceptors (Lipinski definition) is 6. The molecule has 2 amide bonds. The predicted octanol–water partition coefficient (Wildman–Crippen LogP) is 3.79. The van der Waals surface area contributed by atoms with E-state index in [0.29, 0.717) is 17.8 Å². The summed E-state index contributed by atoms with van der Waals surface area (Å²) in [7, 11) is 7.16. The summed E-state index contributed by atoms with van der Waals surface area (Å²) in [5.74, 6) is 0.466. The number of benzene rings is 2. The van der Waals surface area contributed by atoms with Gasteiger partial charge in [-0.25, -0.2) is 4.98 Å². The molecule has 39 heavy (non-hydrogen) atoms. The maximum Gasteiger partial charge on any atom is 0.255 e. The highest BCUT2D eigenvalue weighted by Crippen LogP contribution is 2.36. The number of likely N-dealkylation sites (N-methyl/N-ethyl adjacent to an activating group) is 1. The highest BCUT2D eigenvalue weighted by atomic mass is 16.5. The van der Waals surface area contributed by atoms with Crippen LogP contribution in [0.4, 0.5) is 5.69 Å². The number of rotatable bonds is 7. The molecule has 2 N–H and O–H groups in total. The van der Waals surface area contributed by atoms with E-state index in [0.717, 1.165) is 65.2 Å². The third-order valence-electron chi connectivity index (χ3n) is 7.15. The molecule has 0 unspecified atom stereocenters. The molecule has 2 aromatic carbocycles. The molecule has 5 rings (SSSR count). The Balaban J connectivity index is 1.46. The number of amides is 2. The van der Waals surface area contributed by atoms with Gasteiger partial charge in [-0.3, -0.25) is 14.5 Å². The van der Waals surface area contributed by atoms with Crippen LogP contribution in [0.3, 0.4) is 0 Å². The van der Waals surface area contributed by atoms with Crippen LogP contribution < -0.4 is 10.1 Å². The number of aromatic amines is 1. The molecule has 9 heteroatoms. The smallest absolute Gasteiger partial charge is 0.255 e. The molecule has 0 aliphatic carbocycles. The van der Waals surface area contributed by atoms with Crippen molar-refractivity contribution < 1.29 is 14.3 Å². The number of pyridine rings is 1. The Morgan fingerprint density at radius 3 is 2.54 bits per heavy atom. The van der Waals surface area contributed by atoms with Crippen molar-refractivity contribution in [3.63, 3.8) is 0 Å². The van der Waals surface area contributed by atoms with E-state index >= 15 is 0 Å². The molecule has 1 aliphatic heterocycles. The summed E-state index contributed by atoms with van der Waals surface area (Å²) in [5, 5.41) is 3.92. The number of piperazine rings is 1. The first-order chi connectivity index (χ1) is 18.8. The van der Waals surface area contributed by atoms with Gasteiger partial charge < -0.3 is 24.8 Å². The number of anilines is 1. The minimum Gasteiger partial charge on any atom is -0.496 e. The Morgan fingerprint density at radius 2 is 1.79 bits per heavy atom. The lowest BCUT2D eigenvalue weighted by Crippen LogP contribution is -2.47. The van der Waals surface area contributed by atoms with Crippen molar-refractivity contribution in [3.8, 4) is 28.0 Å². The highest BCUT2D eigenvalue weighted by molar-refractivity contribution is 6.05. The van der Waals surface area contributed by atoms with Crippen LogP contribution >= 0.6 is 0 Å². The molecule has 1 saturated heterocycles. The second kappa shape index (κ2) is 11.3. The van der Waals surface area contributed by atoms with Gasteiger partial charge in [-0.15, -0.1) is 0 Å². The normalized spacial score (nSPS) is 14.4. The summed E-state index contributed by atoms with van der Waals surface area (Å²) < 4.78 is 5.58. The van der Waals surface area contributed by atoms with Gasteiger partial charge in [0, 0.05) is 74.7 Å². The van der Waals surface area contributed by atoms with E-state index in [1.807, 2.05) is 42.6 Å². The summed E-state index contributed by atoms with van der Waals surface area (Å²) in [6.45, 7) is 3.86. The third-order valence-corrected chi connectivity index (χ3v) is 7.15. The van der Waals surface area contributed by atoms with Crippen LogP contribution in [0.25, 0.3) is 33.3 Å². The van der Waals surface area contributed by atoms with E-state index in [1.165, 1.54) is 4.90 Å². The van der Waals surface area contributed by atoms with E-state index in [1.54, 1.807) is 33.5 Å². The van der Waals surface area contributed by atoms with E-state index in [-0.39, 0.29) is 11.8 Å². The standard InChI is InChI=1S/C30H34N6O3/c1-34(2)30(38)24-15-20(9-10-26(24)33-28(37)19-36-13-11-35(3)12-14-36)21-16-23-25(18-32-29(23)31-17-21)22-7-5-6-8-27(22)39-4/h5-10,15-18H,11-14,19H2,1-4H3,(H,31,32)(H,33,37). The number of fused-ring (bicyclic) bond motifs is 1. The third kappa shape index (κ3) is 5.64. The van der Waals surface area contributed by atoms with Crippen molar-refractivity contribution in [3.05, 3.63) is 66.5 Å². The van der Waals surface area contributed by atoms with Crippen LogP contribution in [-0.4, -0.2) is 97.5 Å². The molecular formula is C30H34N6O3. The maximum absolute atomic E-state index is 13.2. The second-order valence-corrected chi connectivity index (χ2v) is 10.1. The number of methoxy groups -OCH3 is 1. The predicted molar refractivity (Wildman–Crippen MR) is 154 cm³/mol. The van der Waals surface area contributed by atoms with Gasteiger partial charge in [-0.1, -0.05) is 24.3 Å². The Bertz CT molecular complexity index is 1500. The lowest BCUT2D eigenvalue weighted by molar-refractivity contribution is -0.117. The topological polar surface area (TPSA) is 93.8 Å². The van der Waals surface area contributed by atoms with E-state index in [4.69, 9.17) is 4.74 Å². The van der Waals surface area contributed by atoms with Gasteiger partial charge in [0.2, 0.25) is 5.91 Å². The van der Waals surface area contributed by atoms with Gasteiger partial charge in [-0.2, -0.15) is 0 Å². The molecule has 2 aromatic heterocycles. The number of carbonyl (C=O) groups excluding carboxylic acids is 2. The average Bonchev–Trinajstić information content (AvgIpc) is 3.37. The zero-order chi connectivity index (χ0) is 27.5. The zero-order valence-corrected chi connectivity index (χ0v) is 22.8. The van der Waals surface area contributed by atoms with Crippen molar-refractivity contribution in [2.75, 3.05) is 66.3 Å². The van der Waals surface area contributed by atoms with Gasteiger partial charge in [0.15, 0.2) is 0 Å². The van der Waals surface area contributed by atoms with E-state index < -0.39 is 0 Å². The molecule has 4 aromatic rings. The van der Waals surface area contributed by atoms with Crippen molar-refractivity contribution in [2.24, 2.45) is 0 Å². The Hall–Kier alpha value is -4.21. The first-order valence-corrected chi connectivity index (χ1v) is 13.0. The average molecular weight is 527 g/mol. The van der Waals surface area contributed by atoms with Crippen molar-refractivity contribution in [1.82, 2.24) is 24.7 Å². The zero-order valence-electron chi connectivity index (χ0n) is 22.8. The lowest BCUT2D eigenvalue weighted by atomic mass is 9.99. The lowest BCUT2D eigenvalue weighted by Gasteiger charge is -2.31. The SMILES string of the molecule is COc1ccccc1-c1c[nH]c2ncc(-c3ccc(NC(=O)CN4CCN(C)CC4)c(C(=O)N(C)C)c3)cc12. The summed E-state index contributed by atoms with van der Waals surface area (Å²) in [6, 6.07) is 15.5. The Labute approximate surface area is 228 Å². The van der Waals surface area contributed by atoms with Crippen LogP contribution in [0.1, 0.15) is 10.4 Å². The number of nitrogens with one attached hydrogen (secondary N) is 2. The largest absolute Gasteiger partial charge is 0.496 e.